The fourth-order valence-electron chi connectivity index (χ4n) is 3.03. The molecule has 0 saturated carbocycles. The molecule has 1 fully saturated rings. The maximum absolute atomic E-state index is 12.7. The van der Waals surface area contributed by atoms with Crippen molar-refractivity contribution in [2.75, 3.05) is 19.7 Å². The first-order valence-electron chi connectivity index (χ1n) is 8.88. The molecule has 25 heavy (non-hydrogen) atoms. The average molecular weight is 339 g/mol. The molecule has 132 valence electrons. The van der Waals surface area contributed by atoms with Gasteiger partial charge in [-0.25, -0.2) is 4.79 Å². The quantitative estimate of drug-likeness (QED) is 0.844. The van der Waals surface area contributed by atoms with Crippen LogP contribution in [0, 0.1) is 0 Å². The van der Waals surface area contributed by atoms with Gasteiger partial charge in [-0.2, -0.15) is 0 Å². The van der Waals surface area contributed by atoms with Crippen molar-refractivity contribution in [2.45, 2.75) is 31.9 Å². The molecule has 0 aliphatic carbocycles. The Morgan fingerprint density at radius 1 is 1.16 bits per heavy atom. The molecule has 5 nitrogen and oxygen atoms in total. The minimum Gasteiger partial charge on any atom is -0.376 e. The summed E-state index contributed by atoms with van der Waals surface area (Å²) in [6.45, 7) is 2.61. The number of amides is 2. The number of carbonyl (C=O) groups is 1. The number of carbonyl (C=O) groups excluding carboxylic acids is 1. The Balaban J connectivity index is 1.55. The van der Waals surface area contributed by atoms with Crippen molar-refractivity contribution < 1.29 is 9.53 Å². The summed E-state index contributed by atoms with van der Waals surface area (Å²) in [5.41, 5.74) is 2.30. The first kappa shape index (κ1) is 17.4. The summed E-state index contributed by atoms with van der Waals surface area (Å²) < 4.78 is 5.71. The normalized spacial score (nSPS) is 16.6. The van der Waals surface area contributed by atoms with E-state index >= 15 is 0 Å². The summed E-state index contributed by atoms with van der Waals surface area (Å²) in [4.78, 5) is 18.6. The van der Waals surface area contributed by atoms with Gasteiger partial charge in [0.25, 0.3) is 0 Å². The third-order valence-corrected chi connectivity index (χ3v) is 4.39. The Bertz CT molecular complexity index is 643. The smallest absolute Gasteiger partial charge is 0.317 e. The van der Waals surface area contributed by atoms with Crippen LogP contribution >= 0.6 is 0 Å². The number of benzene rings is 1. The minimum atomic E-state index is -0.0387. The lowest BCUT2D eigenvalue weighted by Crippen LogP contribution is -2.43. The van der Waals surface area contributed by atoms with Crippen LogP contribution in [0.4, 0.5) is 4.79 Å². The number of aromatic nitrogens is 1. The second kappa shape index (κ2) is 9.18. The van der Waals surface area contributed by atoms with Gasteiger partial charge in [0.15, 0.2) is 0 Å². The molecule has 1 aromatic carbocycles. The third kappa shape index (κ3) is 5.57. The van der Waals surface area contributed by atoms with Gasteiger partial charge in [-0.3, -0.25) is 4.98 Å². The van der Waals surface area contributed by atoms with Crippen molar-refractivity contribution in [1.29, 1.82) is 0 Å². The van der Waals surface area contributed by atoms with Crippen LogP contribution in [0.3, 0.4) is 0 Å². The number of pyridine rings is 1. The van der Waals surface area contributed by atoms with Crippen LogP contribution in [-0.4, -0.2) is 41.7 Å². The molecule has 1 aliphatic rings. The van der Waals surface area contributed by atoms with Gasteiger partial charge in [0.1, 0.15) is 0 Å². The summed E-state index contributed by atoms with van der Waals surface area (Å²) in [7, 11) is 0. The van der Waals surface area contributed by atoms with Crippen LogP contribution < -0.4 is 5.32 Å². The second-order valence-electron chi connectivity index (χ2n) is 6.34. The van der Waals surface area contributed by atoms with Crippen molar-refractivity contribution in [3.63, 3.8) is 0 Å². The van der Waals surface area contributed by atoms with Crippen molar-refractivity contribution >= 4 is 6.03 Å². The van der Waals surface area contributed by atoms with Gasteiger partial charge in [0.05, 0.1) is 6.10 Å². The molecule has 1 atom stereocenters. The summed E-state index contributed by atoms with van der Waals surface area (Å²) in [5, 5.41) is 3.04. The average Bonchev–Trinajstić information content (AvgIpc) is 3.16. The second-order valence-corrected chi connectivity index (χ2v) is 6.34. The molecule has 1 aliphatic heterocycles. The molecule has 2 heterocycles. The lowest BCUT2D eigenvalue weighted by molar-refractivity contribution is 0.0795. The van der Waals surface area contributed by atoms with Gasteiger partial charge in [-0.1, -0.05) is 30.3 Å². The van der Waals surface area contributed by atoms with Gasteiger partial charge in [-0.05, 0) is 42.5 Å². The molecule has 1 aromatic heterocycles. The van der Waals surface area contributed by atoms with E-state index in [4.69, 9.17) is 4.74 Å². The lowest BCUT2D eigenvalue weighted by Gasteiger charge is -2.26. The zero-order chi connectivity index (χ0) is 17.3. The van der Waals surface area contributed by atoms with E-state index in [2.05, 4.69) is 22.4 Å². The fourth-order valence-corrected chi connectivity index (χ4v) is 3.03. The van der Waals surface area contributed by atoms with E-state index < -0.39 is 0 Å². The summed E-state index contributed by atoms with van der Waals surface area (Å²) in [6, 6.07) is 14.0. The molecule has 2 aromatic rings. The number of rotatable bonds is 7. The molecule has 0 spiro atoms. The Labute approximate surface area is 149 Å². The molecule has 5 heteroatoms. The number of nitrogens with one attached hydrogen (secondary N) is 1. The highest BCUT2D eigenvalue weighted by Gasteiger charge is 2.22. The summed E-state index contributed by atoms with van der Waals surface area (Å²) >= 11 is 0. The molecule has 1 N–H and O–H groups in total. The summed E-state index contributed by atoms with van der Waals surface area (Å²) in [6.07, 6.45) is 6.57. The fraction of sp³-hybridized carbons (Fsp3) is 0.400. The largest absolute Gasteiger partial charge is 0.376 e. The van der Waals surface area contributed by atoms with Crippen LogP contribution in [0.2, 0.25) is 0 Å². The van der Waals surface area contributed by atoms with E-state index in [1.54, 1.807) is 12.4 Å². The number of ether oxygens (including phenoxy) is 1. The number of nitrogens with zero attached hydrogens (tertiary/aromatic N) is 2. The standard InChI is InChI=1S/C20H25N3O2/c24-20(22-13-10-17-5-2-1-3-6-17)23(16-19-7-4-14-25-19)15-18-8-11-21-12-9-18/h1-3,5-6,8-9,11-12,19H,4,7,10,13-16H2,(H,22,24)/t19-/m1/s1. The van der Waals surface area contributed by atoms with Crippen molar-refractivity contribution in [3.8, 4) is 0 Å². The van der Waals surface area contributed by atoms with E-state index in [0.29, 0.717) is 19.6 Å². The summed E-state index contributed by atoms with van der Waals surface area (Å²) in [5.74, 6) is 0. The van der Waals surface area contributed by atoms with Crippen molar-refractivity contribution in [2.24, 2.45) is 0 Å². The highest BCUT2D eigenvalue weighted by Crippen LogP contribution is 2.15. The molecule has 0 radical (unpaired) electrons. The zero-order valence-electron chi connectivity index (χ0n) is 14.4. The van der Waals surface area contributed by atoms with E-state index in [9.17, 15) is 4.79 Å². The topological polar surface area (TPSA) is 54.5 Å². The first-order valence-corrected chi connectivity index (χ1v) is 8.88. The minimum absolute atomic E-state index is 0.0387. The zero-order valence-corrected chi connectivity index (χ0v) is 14.4. The molecule has 0 unspecified atom stereocenters. The van der Waals surface area contributed by atoms with Crippen LogP contribution in [-0.2, 0) is 17.7 Å². The SMILES string of the molecule is O=C(NCCc1ccccc1)N(Cc1ccncc1)C[C@H]1CCCO1. The predicted molar refractivity (Wildman–Crippen MR) is 97.2 cm³/mol. The molecule has 3 rings (SSSR count). The molecule has 0 bridgehead atoms. The molecule has 2 amide bonds. The van der Waals surface area contributed by atoms with E-state index in [-0.39, 0.29) is 12.1 Å². The van der Waals surface area contributed by atoms with Crippen molar-refractivity contribution in [3.05, 3.63) is 66.0 Å². The molecular formula is C20H25N3O2. The van der Waals surface area contributed by atoms with Crippen LogP contribution in [0.5, 0.6) is 0 Å². The number of urea groups is 1. The van der Waals surface area contributed by atoms with Crippen LogP contribution in [0.1, 0.15) is 24.0 Å². The predicted octanol–water partition coefficient (Wildman–Crippen LogP) is 3.01. The Morgan fingerprint density at radius 3 is 2.68 bits per heavy atom. The van der Waals surface area contributed by atoms with E-state index in [1.165, 1.54) is 5.56 Å². The van der Waals surface area contributed by atoms with Crippen LogP contribution in [0.25, 0.3) is 0 Å². The maximum Gasteiger partial charge on any atom is 0.317 e. The highest BCUT2D eigenvalue weighted by atomic mass is 16.5. The maximum atomic E-state index is 12.7. The van der Waals surface area contributed by atoms with E-state index in [1.807, 2.05) is 35.2 Å². The van der Waals surface area contributed by atoms with Crippen LogP contribution in [0.15, 0.2) is 54.9 Å². The highest BCUT2D eigenvalue weighted by molar-refractivity contribution is 5.74. The van der Waals surface area contributed by atoms with Gasteiger partial charge in [0.2, 0.25) is 0 Å². The lowest BCUT2D eigenvalue weighted by atomic mass is 10.1. The Kier molecular flexibility index (Phi) is 6.40. The van der Waals surface area contributed by atoms with Gasteiger partial charge in [-0.15, -0.1) is 0 Å². The van der Waals surface area contributed by atoms with Crippen molar-refractivity contribution in [1.82, 2.24) is 15.2 Å². The number of hydrogen-bond donors (Lipinski definition) is 1. The molecule has 1 saturated heterocycles. The number of hydrogen-bond acceptors (Lipinski definition) is 3. The van der Waals surface area contributed by atoms with Gasteiger partial charge >= 0.3 is 6.03 Å². The molecular weight excluding hydrogens is 314 g/mol. The Morgan fingerprint density at radius 2 is 1.96 bits per heavy atom. The van der Waals surface area contributed by atoms with Gasteiger partial charge in [0, 0.05) is 38.6 Å². The van der Waals surface area contributed by atoms with Gasteiger partial charge < -0.3 is 15.0 Å². The third-order valence-electron chi connectivity index (χ3n) is 4.39. The van der Waals surface area contributed by atoms with E-state index in [0.717, 1.165) is 31.4 Å². The monoisotopic (exact) mass is 339 g/mol. The Hall–Kier alpha value is -2.40. The first-order chi connectivity index (χ1) is 12.3.